The maximum atomic E-state index is 14.0. The number of rotatable bonds is 5. The zero-order valence-corrected chi connectivity index (χ0v) is 17.6. The molecule has 28 heavy (non-hydrogen) atoms. The number of carbonyl (C=O) groups is 1. The number of benzene rings is 2. The third kappa shape index (κ3) is 3.84. The summed E-state index contributed by atoms with van der Waals surface area (Å²) in [6.07, 6.45) is -0.196. The number of carbonyl (C=O) groups excluding carboxylic acids is 1. The highest BCUT2D eigenvalue weighted by atomic mass is 79.9. The highest BCUT2D eigenvalue weighted by Crippen LogP contribution is 2.34. The Morgan fingerprint density at radius 3 is 2.50 bits per heavy atom. The predicted octanol–water partition coefficient (Wildman–Crippen LogP) is 2.46. The van der Waals surface area contributed by atoms with Gasteiger partial charge >= 0.3 is 0 Å². The molecule has 1 aliphatic rings. The van der Waals surface area contributed by atoms with Gasteiger partial charge in [0, 0.05) is 10.9 Å². The van der Waals surface area contributed by atoms with Crippen LogP contribution in [0.2, 0.25) is 0 Å². The van der Waals surface area contributed by atoms with Gasteiger partial charge in [0.2, 0.25) is 15.9 Å². The molecule has 0 radical (unpaired) electrons. The van der Waals surface area contributed by atoms with Gasteiger partial charge in [-0.25, -0.2) is 25.5 Å². The van der Waals surface area contributed by atoms with Crippen LogP contribution in [0.5, 0.6) is 5.75 Å². The molecule has 0 saturated carbocycles. The monoisotopic (exact) mass is 492 g/mol. The van der Waals surface area contributed by atoms with Crippen molar-refractivity contribution < 1.29 is 30.8 Å². The molecule has 0 bridgehead atoms. The molecule has 1 N–H and O–H groups in total. The van der Waals surface area contributed by atoms with Crippen molar-refractivity contribution in [3.8, 4) is 5.75 Å². The second kappa shape index (κ2) is 7.33. The fraction of sp³-hybridized carbons (Fsp3) is 0.188. The van der Waals surface area contributed by atoms with Gasteiger partial charge in [0.05, 0.1) is 24.2 Å². The number of nitrogens with one attached hydrogen (secondary N) is 1. The lowest BCUT2D eigenvalue weighted by Gasteiger charge is -2.18. The van der Waals surface area contributed by atoms with Crippen LogP contribution in [-0.2, 0) is 24.8 Å². The number of hydrogen-bond acceptors (Lipinski definition) is 6. The molecule has 0 atom stereocenters. The summed E-state index contributed by atoms with van der Waals surface area (Å²) in [5.74, 6) is -1.94. The Labute approximate surface area is 169 Å². The maximum Gasteiger partial charge on any atom is 0.265 e. The van der Waals surface area contributed by atoms with Crippen LogP contribution in [0.15, 0.2) is 45.8 Å². The first-order valence-electron chi connectivity index (χ1n) is 7.77. The van der Waals surface area contributed by atoms with Crippen molar-refractivity contribution in [2.75, 3.05) is 21.9 Å². The van der Waals surface area contributed by atoms with Gasteiger partial charge in [0.15, 0.2) is 0 Å². The quantitative estimate of drug-likeness (QED) is 0.686. The predicted molar refractivity (Wildman–Crippen MR) is 104 cm³/mol. The van der Waals surface area contributed by atoms with E-state index in [0.717, 1.165) is 12.1 Å². The topological polar surface area (TPSA) is 110 Å². The molecule has 12 heteroatoms. The minimum absolute atomic E-state index is 0.0992. The van der Waals surface area contributed by atoms with Gasteiger partial charge in [-0.05, 0) is 36.4 Å². The molecule has 1 amide bonds. The summed E-state index contributed by atoms with van der Waals surface area (Å²) in [6.45, 7) is 0. The third-order valence-electron chi connectivity index (χ3n) is 3.93. The first-order valence-corrected chi connectivity index (χ1v) is 11.7. The average molecular weight is 493 g/mol. The van der Waals surface area contributed by atoms with Crippen LogP contribution >= 0.6 is 15.9 Å². The Balaban J connectivity index is 2.08. The van der Waals surface area contributed by atoms with Crippen LogP contribution in [0.25, 0.3) is 0 Å². The SMILES string of the molecule is COc1ccc(N2C(=O)CCS2(=O)=O)cc1S(=O)(=O)Nc1ccc(Br)cc1F. The van der Waals surface area contributed by atoms with Crippen molar-refractivity contribution in [2.24, 2.45) is 0 Å². The zero-order valence-electron chi connectivity index (χ0n) is 14.3. The van der Waals surface area contributed by atoms with E-state index in [0.29, 0.717) is 8.78 Å². The number of hydrogen-bond donors (Lipinski definition) is 1. The number of nitrogens with zero attached hydrogens (tertiary/aromatic N) is 1. The summed E-state index contributed by atoms with van der Waals surface area (Å²) in [5, 5.41) is 0. The number of ether oxygens (including phenoxy) is 1. The molecule has 1 heterocycles. The van der Waals surface area contributed by atoms with Crippen molar-refractivity contribution in [3.63, 3.8) is 0 Å². The smallest absolute Gasteiger partial charge is 0.265 e. The highest BCUT2D eigenvalue weighted by molar-refractivity contribution is 9.10. The van der Waals surface area contributed by atoms with Gasteiger partial charge < -0.3 is 4.74 Å². The second-order valence-electron chi connectivity index (χ2n) is 5.79. The van der Waals surface area contributed by atoms with Crippen LogP contribution in [0.3, 0.4) is 0 Å². The Bertz CT molecular complexity index is 1170. The minimum atomic E-state index is -4.36. The first-order chi connectivity index (χ1) is 13.0. The van der Waals surface area contributed by atoms with Crippen molar-refractivity contribution >= 4 is 53.3 Å². The summed E-state index contributed by atoms with van der Waals surface area (Å²) >= 11 is 3.08. The summed E-state index contributed by atoms with van der Waals surface area (Å²) in [6, 6.07) is 7.24. The fourth-order valence-corrected chi connectivity index (χ4v) is 5.68. The normalized spacial score (nSPS) is 16.2. The Hall–Kier alpha value is -2.18. The Morgan fingerprint density at radius 2 is 1.93 bits per heavy atom. The molecule has 0 aliphatic carbocycles. The van der Waals surface area contributed by atoms with Crippen LogP contribution < -0.4 is 13.8 Å². The second-order valence-corrected chi connectivity index (χ2v) is 10.3. The van der Waals surface area contributed by atoms with Crippen LogP contribution in [0.1, 0.15) is 6.42 Å². The molecule has 0 unspecified atom stereocenters. The Morgan fingerprint density at radius 1 is 1.21 bits per heavy atom. The van der Waals surface area contributed by atoms with E-state index in [4.69, 9.17) is 4.74 Å². The summed E-state index contributed by atoms with van der Waals surface area (Å²) < 4.78 is 72.0. The first kappa shape index (κ1) is 20.6. The van der Waals surface area contributed by atoms with Crippen LogP contribution in [-0.4, -0.2) is 35.6 Å². The van der Waals surface area contributed by atoms with Gasteiger partial charge in [-0.1, -0.05) is 15.9 Å². The molecular weight excluding hydrogens is 479 g/mol. The van der Waals surface area contributed by atoms with Gasteiger partial charge in [-0.15, -0.1) is 0 Å². The standard InChI is InChI=1S/C16H14BrFN2O6S2/c1-26-14-5-3-11(20-16(21)6-7-27(20,22)23)9-15(14)28(24,25)19-13-4-2-10(17)8-12(13)18/h2-5,8-9,19H,6-7H2,1H3. The average Bonchev–Trinajstić information content (AvgIpc) is 2.89. The van der Waals surface area contributed by atoms with Crippen LogP contribution in [0, 0.1) is 5.82 Å². The van der Waals surface area contributed by atoms with E-state index < -0.39 is 36.7 Å². The highest BCUT2D eigenvalue weighted by Gasteiger charge is 2.37. The van der Waals surface area contributed by atoms with E-state index >= 15 is 0 Å². The molecule has 1 saturated heterocycles. The minimum Gasteiger partial charge on any atom is -0.495 e. The molecule has 1 fully saturated rings. The van der Waals surface area contributed by atoms with E-state index in [1.807, 2.05) is 0 Å². The zero-order chi connectivity index (χ0) is 20.7. The molecule has 2 aromatic rings. The van der Waals surface area contributed by atoms with E-state index in [2.05, 4.69) is 20.7 Å². The summed E-state index contributed by atoms with van der Waals surface area (Å²) in [7, 11) is -7.01. The van der Waals surface area contributed by atoms with E-state index in [9.17, 15) is 26.0 Å². The number of amides is 1. The maximum absolute atomic E-state index is 14.0. The molecule has 2 aromatic carbocycles. The molecule has 8 nitrogen and oxygen atoms in total. The third-order valence-corrected chi connectivity index (χ3v) is 7.50. The van der Waals surface area contributed by atoms with E-state index in [-0.39, 0.29) is 29.3 Å². The molecule has 1 aliphatic heterocycles. The molecule has 0 spiro atoms. The Kier molecular flexibility index (Phi) is 5.38. The van der Waals surface area contributed by atoms with Gasteiger partial charge in [-0.3, -0.25) is 9.52 Å². The van der Waals surface area contributed by atoms with E-state index in [1.54, 1.807) is 0 Å². The van der Waals surface area contributed by atoms with Gasteiger partial charge in [0.1, 0.15) is 16.5 Å². The van der Waals surface area contributed by atoms with Crippen molar-refractivity contribution in [3.05, 3.63) is 46.7 Å². The van der Waals surface area contributed by atoms with Crippen molar-refractivity contribution in [1.29, 1.82) is 0 Å². The lowest BCUT2D eigenvalue weighted by molar-refractivity contribution is -0.116. The fourth-order valence-electron chi connectivity index (χ4n) is 2.64. The molecule has 150 valence electrons. The largest absolute Gasteiger partial charge is 0.495 e. The van der Waals surface area contributed by atoms with E-state index in [1.165, 1.54) is 31.4 Å². The van der Waals surface area contributed by atoms with Gasteiger partial charge in [0.25, 0.3) is 10.0 Å². The number of halogens is 2. The summed E-state index contributed by atoms with van der Waals surface area (Å²) in [5.41, 5.74) is -0.444. The van der Waals surface area contributed by atoms with Gasteiger partial charge in [-0.2, -0.15) is 0 Å². The number of anilines is 2. The summed E-state index contributed by atoms with van der Waals surface area (Å²) in [4.78, 5) is 11.5. The molecule has 3 rings (SSSR count). The lowest BCUT2D eigenvalue weighted by atomic mass is 10.3. The molecule has 0 aromatic heterocycles. The van der Waals surface area contributed by atoms with Crippen molar-refractivity contribution in [1.82, 2.24) is 0 Å². The number of sulfonamides is 2. The molecular formula is C16H14BrFN2O6S2. The van der Waals surface area contributed by atoms with Crippen molar-refractivity contribution in [2.45, 2.75) is 11.3 Å². The van der Waals surface area contributed by atoms with Crippen LogP contribution in [0.4, 0.5) is 15.8 Å². The lowest BCUT2D eigenvalue weighted by Crippen LogP contribution is -2.29. The number of methoxy groups -OCH3 is 1.